The zero-order valence-corrected chi connectivity index (χ0v) is 13.9. The number of hydrogen-bond acceptors (Lipinski definition) is 3. The van der Waals surface area contributed by atoms with E-state index in [1.165, 1.54) is 20.9 Å². The third kappa shape index (κ3) is 3.09. The first-order valence-electron chi connectivity index (χ1n) is 7.19. The minimum atomic E-state index is 0.238. The van der Waals surface area contributed by atoms with E-state index in [2.05, 4.69) is 48.9 Å². The van der Waals surface area contributed by atoms with Crippen LogP contribution in [-0.2, 0) is 4.79 Å². The molecule has 108 valence electrons. The van der Waals surface area contributed by atoms with Crippen LogP contribution in [0.15, 0.2) is 34.0 Å². The average molecular weight is 314 g/mol. The van der Waals surface area contributed by atoms with Crippen LogP contribution in [0, 0.1) is 13.8 Å². The monoisotopic (exact) mass is 314 g/mol. The number of carbonyl (C=O) groups is 1. The second kappa shape index (κ2) is 6.12. The molecule has 3 rings (SSSR count). The molecular weight excluding hydrogens is 296 g/mol. The maximum atomic E-state index is 12.7. The summed E-state index contributed by atoms with van der Waals surface area (Å²) >= 11 is 3.42. The summed E-state index contributed by atoms with van der Waals surface area (Å²) in [7, 11) is 0. The molecule has 0 amide bonds. The van der Waals surface area contributed by atoms with Crippen LogP contribution in [0.25, 0.3) is 12.2 Å². The molecule has 3 heteroatoms. The minimum absolute atomic E-state index is 0.238. The molecule has 2 aromatic rings. The molecule has 2 aromatic heterocycles. The number of thiophene rings is 2. The molecule has 1 saturated carbocycles. The van der Waals surface area contributed by atoms with Crippen LogP contribution in [0.3, 0.4) is 0 Å². The van der Waals surface area contributed by atoms with Gasteiger partial charge in [-0.2, -0.15) is 0 Å². The Morgan fingerprint density at radius 2 is 1.38 bits per heavy atom. The lowest BCUT2D eigenvalue weighted by molar-refractivity contribution is -0.112. The van der Waals surface area contributed by atoms with E-state index in [1.54, 1.807) is 22.7 Å². The van der Waals surface area contributed by atoms with E-state index in [0.29, 0.717) is 0 Å². The number of hydrogen-bond donors (Lipinski definition) is 0. The van der Waals surface area contributed by atoms with Gasteiger partial charge in [0, 0.05) is 20.9 Å². The number of ketones is 1. The van der Waals surface area contributed by atoms with E-state index in [-0.39, 0.29) is 5.78 Å². The quantitative estimate of drug-likeness (QED) is 0.655. The highest BCUT2D eigenvalue weighted by atomic mass is 32.1. The van der Waals surface area contributed by atoms with Crippen LogP contribution in [0.2, 0.25) is 0 Å². The van der Waals surface area contributed by atoms with Crippen molar-refractivity contribution in [1.82, 2.24) is 0 Å². The summed E-state index contributed by atoms with van der Waals surface area (Å²) in [5.41, 5.74) is 4.44. The van der Waals surface area contributed by atoms with Gasteiger partial charge in [0.1, 0.15) is 0 Å². The van der Waals surface area contributed by atoms with Crippen molar-refractivity contribution in [3.8, 4) is 0 Å². The Labute approximate surface area is 133 Å². The summed E-state index contributed by atoms with van der Waals surface area (Å²) in [6, 6.07) is 4.21. The zero-order valence-electron chi connectivity index (χ0n) is 12.3. The smallest absolute Gasteiger partial charge is 0.185 e. The summed E-state index contributed by atoms with van der Waals surface area (Å²) in [5, 5.41) is 4.17. The van der Waals surface area contributed by atoms with Crippen molar-refractivity contribution in [3.63, 3.8) is 0 Å². The van der Waals surface area contributed by atoms with E-state index in [1.807, 2.05) is 0 Å². The van der Waals surface area contributed by atoms with Gasteiger partial charge >= 0.3 is 0 Å². The summed E-state index contributed by atoms with van der Waals surface area (Å²) in [6.45, 7) is 4.20. The van der Waals surface area contributed by atoms with Crippen LogP contribution < -0.4 is 0 Å². The number of Topliss-reactive ketones (excluding diaryl/α,β-unsaturated/α-hetero) is 1. The lowest BCUT2D eigenvalue weighted by atomic mass is 9.88. The summed E-state index contributed by atoms with van der Waals surface area (Å²) in [5.74, 6) is 0.238. The Hall–Kier alpha value is -1.45. The van der Waals surface area contributed by atoms with Gasteiger partial charge in [0.25, 0.3) is 0 Å². The van der Waals surface area contributed by atoms with Crippen LogP contribution in [0.4, 0.5) is 0 Å². The summed E-state index contributed by atoms with van der Waals surface area (Å²) < 4.78 is 0. The Balaban J connectivity index is 1.91. The van der Waals surface area contributed by atoms with Crippen molar-refractivity contribution in [2.75, 3.05) is 0 Å². The van der Waals surface area contributed by atoms with E-state index >= 15 is 0 Å². The van der Waals surface area contributed by atoms with Crippen molar-refractivity contribution in [3.05, 3.63) is 54.9 Å². The van der Waals surface area contributed by atoms with E-state index in [4.69, 9.17) is 0 Å². The minimum Gasteiger partial charge on any atom is -0.289 e. The van der Waals surface area contributed by atoms with E-state index in [0.717, 1.165) is 30.4 Å². The molecule has 1 aliphatic rings. The van der Waals surface area contributed by atoms with Gasteiger partial charge in [-0.25, -0.2) is 0 Å². The molecule has 21 heavy (non-hydrogen) atoms. The molecule has 1 nitrogen and oxygen atoms in total. The number of allylic oxidation sites excluding steroid dienone is 2. The number of carbonyl (C=O) groups excluding carboxylic acids is 1. The molecule has 0 aromatic carbocycles. The van der Waals surface area contributed by atoms with E-state index in [9.17, 15) is 4.79 Å². The first kappa shape index (κ1) is 14.5. The standard InChI is InChI=1S/C18H18OS2/c1-12-6-8-20-16(12)10-14-4-3-5-15(18(14)19)11-17-13(2)7-9-21-17/h6-11H,3-5H2,1-2H3/b14-10-,15-11+. The average Bonchev–Trinajstić information content (AvgIpc) is 3.04. The van der Waals surface area contributed by atoms with Crippen molar-refractivity contribution in [2.45, 2.75) is 33.1 Å². The highest BCUT2D eigenvalue weighted by Gasteiger charge is 2.21. The van der Waals surface area contributed by atoms with Gasteiger partial charge in [-0.15, -0.1) is 22.7 Å². The van der Waals surface area contributed by atoms with Gasteiger partial charge < -0.3 is 0 Å². The van der Waals surface area contributed by atoms with Crippen molar-refractivity contribution in [2.24, 2.45) is 0 Å². The molecule has 0 aliphatic heterocycles. The van der Waals surface area contributed by atoms with E-state index < -0.39 is 0 Å². The largest absolute Gasteiger partial charge is 0.289 e. The molecule has 0 unspecified atom stereocenters. The highest BCUT2D eigenvalue weighted by molar-refractivity contribution is 7.11. The van der Waals surface area contributed by atoms with Crippen LogP contribution >= 0.6 is 22.7 Å². The van der Waals surface area contributed by atoms with Crippen molar-refractivity contribution in [1.29, 1.82) is 0 Å². The number of aryl methyl sites for hydroxylation is 2. The fraction of sp³-hybridized carbons (Fsp3) is 0.278. The highest BCUT2D eigenvalue weighted by Crippen LogP contribution is 2.31. The predicted molar refractivity (Wildman–Crippen MR) is 92.9 cm³/mol. The normalized spacial score (nSPS) is 19.6. The second-order valence-electron chi connectivity index (χ2n) is 5.46. The van der Waals surface area contributed by atoms with Gasteiger partial charge in [-0.1, -0.05) is 0 Å². The summed E-state index contributed by atoms with van der Waals surface area (Å²) in [4.78, 5) is 15.1. The lowest BCUT2D eigenvalue weighted by Crippen LogP contribution is -2.12. The molecule has 1 fully saturated rings. The molecule has 0 radical (unpaired) electrons. The third-order valence-corrected chi connectivity index (χ3v) is 5.82. The lowest BCUT2D eigenvalue weighted by Gasteiger charge is -2.16. The SMILES string of the molecule is Cc1ccsc1/C=C1/CCC/C(=C\c2sccc2C)C1=O. The Kier molecular flexibility index (Phi) is 4.22. The van der Waals surface area contributed by atoms with Crippen molar-refractivity contribution >= 4 is 40.6 Å². The van der Waals surface area contributed by atoms with Gasteiger partial charge in [0.2, 0.25) is 0 Å². The Morgan fingerprint density at radius 1 is 0.905 bits per heavy atom. The first-order chi connectivity index (χ1) is 10.1. The Bertz CT molecular complexity index is 668. The molecule has 0 N–H and O–H groups in total. The fourth-order valence-electron chi connectivity index (χ4n) is 2.56. The molecule has 1 aliphatic carbocycles. The third-order valence-electron chi connectivity index (χ3n) is 3.89. The fourth-order valence-corrected chi connectivity index (χ4v) is 4.33. The maximum Gasteiger partial charge on any atom is 0.185 e. The molecule has 0 atom stereocenters. The van der Waals surface area contributed by atoms with Crippen LogP contribution in [-0.4, -0.2) is 5.78 Å². The first-order valence-corrected chi connectivity index (χ1v) is 8.95. The molecule has 2 heterocycles. The second-order valence-corrected chi connectivity index (χ2v) is 7.35. The number of rotatable bonds is 2. The van der Waals surface area contributed by atoms with Crippen LogP contribution in [0.5, 0.6) is 0 Å². The molecule has 0 spiro atoms. The van der Waals surface area contributed by atoms with Crippen LogP contribution in [0.1, 0.15) is 40.1 Å². The van der Waals surface area contributed by atoms with Crippen molar-refractivity contribution < 1.29 is 4.79 Å². The molecule has 0 bridgehead atoms. The van der Waals surface area contributed by atoms with Gasteiger partial charge in [-0.05, 0) is 79.3 Å². The Morgan fingerprint density at radius 3 is 1.76 bits per heavy atom. The van der Waals surface area contributed by atoms with Gasteiger partial charge in [0.15, 0.2) is 5.78 Å². The predicted octanol–water partition coefficient (Wildman–Crippen LogP) is 5.65. The van der Waals surface area contributed by atoms with Gasteiger partial charge in [0.05, 0.1) is 0 Å². The topological polar surface area (TPSA) is 17.1 Å². The molecule has 0 saturated heterocycles. The zero-order chi connectivity index (χ0) is 14.8. The molecular formula is C18H18OS2. The summed E-state index contributed by atoms with van der Waals surface area (Å²) in [6.07, 6.45) is 7.05. The maximum absolute atomic E-state index is 12.7. The van der Waals surface area contributed by atoms with Gasteiger partial charge in [-0.3, -0.25) is 4.79 Å².